The van der Waals surface area contributed by atoms with Crippen molar-refractivity contribution in [1.82, 2.24) is 0 Å². The zero-order chi connectivity index (χ0) is 8.78. The minimum Gasteiger partial charge on any atom is -0.400 e. The van der Waals surface area contributed by atoms with E-state index in [2.05, 4.69) is 0 Å². The van der Waals surface area contributed by atoms with Crippen LogP contribution in [0, 0.1) is 5.92 Å². The molecule has 0 aliphatic heterocycles. The Morgan fingerprint density at radius 1 is 1.30 bits per heavy atom. The van der Waals surface area contributed by atoms with Gasteiger partial charge >= 0.3 is 0 Å². The van der Waals surface area contributed by atoms with Gasteiger partial charge in [0.05, 0.1) is 5.75 Å². The Morgan fingerprint density at radius 2 is 1.60 bits per heavy atom. The van der Waals surface area contributed by atoms with Gasteiger partial charge in [-0.2, -0.15) is 8.42 Å². The van der Waals surface area contributed by atoms with E-state index < -0.39 is 10.1 Å². The monoisotopic (exact) mass is 170 g/mol. The third-order valence-electron chi connectivity index (χ3n) is 0.544. The van der Waals surface area contributed by atoms with Crippen LogP contribution in [0.1, 0.15) is 13.8 Å². The SMILES string of the molecule is CC(C)CS(=O)(=O)O.CO. The molecule has 0 amide bonds. The first-order valence-corrected chi connectivity index (χ1v) is 4.42. The Bertz CT molecular complexity index is 147. The summed E-state index contributed by atoms with van der Waals surface area (Å²) in [5.41, 5.74) is 0. The smallest absolute Gasteiger partial charge is 0.265 e. The molecule has 2 N–H and O–H groups in total. The lowest BCUT2D eigenvalue weighted by molar-refractivity contribution is 0.399. The zero-order valence-electron chi connectivity index (χ0n) is 6.40. The van der Waals surface area contributed by atoms with Gasteiger partial charge in [0.2, 0.25) is 0 Å². The molecule has 0 aromatic rings. The van der Waals surface area contributed by atoms with Gasteiger partial charge in [-0.1, -0.05) is 13.8 Å². The lowest BCUT2D eigenvalue weighted by atomic mass is 10.3. The van der Waals surface area contributed by atoms with Crippen LogP contribution in [-0.2, 0) is 10.1 Å². The molecular formula is C5H14O4S. The van der Waals surface area contributed by atoms with Gasteiger partial charge in [0.25, 0.3) is 10.1 Å². The molecule has 0 unspecified atom stereocenters. The second kappa shape index (κ2) is 5.64. The number of hydrogen-bond acceptors (Lipinski definition) is 3. The summed E-state index contributed by atoms with van der Waals surface area (Å²) in [6.45, 7) is 3.46. The van der Waals surface area contributed by atoms with Gasteiger partial charge < -0.3 is 5.11 Å². The van der Waals surface area contributed by atoms with Gasteiger partial charge in [-0.05, 0) is 5.92 Å². The third kappa shape index (κ3) is 15.7. The van der Waals surface area contributed by atoms with E-state index in [9.17, 15) is 8.42 Å². The predicted molar refractivity (Wildman–Crippen MR) is 39.4 cm³/mol. The molecule has 0 saturated carbocycles. The van der Waals surface area contributed by atoms with Crippen LogP contribution >= 0.6 is 0 Å². The molecule has 0 heterocycles. The van der Waals surface area contributed by atoms with Gasteiger partial charge in [-0.25, -0.2) is 0 Å². The molecule has 0 atom stereocenters. The molecule has 0 spiro atoms. The molecule has 0 aromatic heterocycles. The Hall–Kier alpha value is -0.130. The van der Waals surface area contributed by atoms with Crippen molar-refractivity contribution in [1.29, 1.82) is 0 Å². The minimum absolute atomic E-state index is 0.00463. The van der Waals surface area contributed by atoms with Crippen LogP contribution in [0.5, 0.6) is 0 Å². The van der Waals surface area contributed by atoms with Gasteiger partial charge in [0.15, 0.2) is 0 Å². The van der Waals surface area contributed by atoms with Crippen molar-refractivity contribution in [3.05, 3.63) is 0 Å². The van der Waals surface area contributed by atoms with Crippen LogP contribution in [0.2, 0.25) is 0 Å². The second-order valence-corrected chi connectivity index (χ2v) is 3.64. The summed E-state index contributed by atoms with van der Waals surface area (Å²) in [7, 11) is -2.72. The molecule has 0 fully saturated rings. The number of rotatable bonds is 2. The van der Waals surface area contributed by atoms with E-state index in [1.165, 1.54) is 0 Å². The van der Waals surface area contributed by atoms with Crippen molar-refractivity contribution >= 4 is 10.1 Å². The Morgan fingerprint density at radius 3 is 1.60 bits per heavy atom. The molecule has 0 rings (SSSR count). The van der Waals surface area contributed by atoms with E-state index in [-0.39, 0.29) is 11.7 Å². The lowest BCUT2D eigenvalue weighted by Crippen LogP contribution is -2.09. The lowest BCUT2D eigenvalue weighted by Gasteiger charge is -1.97. The fourth-order valence-electron chi connectivity index (χ4n) is 0.421. The molecule has 0 aliphatic carbocycles. The van der Waals surface area contributed by atoms with Gasteiger partial charge in [-0.3, -0.25) is 4.55 Å². The minimum atomic E-state index is -3.72. The summed E-state index contributed by atoms with van der Waals surface area (Å²) in [6.07, 6.45) is 0. The van der Waals surface area contributed by atoms with E-state index in [0.29, 0.717) is 0 Å². The molecule has 0 aromatic carbocycles. The Labute approximate surface area is 61.6 Å². The van der Waals surface area contributed by atoms with E-state index in [1.807, 2.05) is 0 Å². The van der Waals surface area contributed by atoms with Crippen molar-refractivity contribution in [2.75, 3.05) is 12.9 Å². The fourth-order valence-corrected chi connectivity index (χ4v) is 1.26. The zero-order valence-corrected chi connectivity index (χ0v) is 7.22. The standard InChI is InChI=1S/C4H10O3S.CH4O/c1-4(2)3-8(5,6)7;1-2/h4H,3H2,1-2H3,(H,5,6,7);2H,1H3. The maximum absolute atomic E-state index is 10.00. The van der Waals surface area contributed by atoms with Crippen LogP contribution in [0.4, 0.5) is 0 Å². The quantitative estimate of drug-likeness (QED) is 0.578. The van der Waals surface area contributed by atoms with Crippen molar-refractivity contribution in [3.8, 4) is 0 Å². The Balaban J connectivity index is 0. The molecule has 5 heteroatoms. The second-order valence-electron chi connectivity index (χ2n) is 2.14. The molecule has 0 saturated heterocycles. The van der Waals surface area contributed by atoms with Crippen molar-refractivity contribution in [2.45, 2.75) is 13.8 Å². The first kappa shape index (κ1) is 12.5. The maximum Gasteiger partial charge on any atom is 0.265 e. The average molecular weight is 170 g/mol. The maximum atomic E-state index is 10.00. The molecule has 4 nitrogen and oxygen atoms in total. The molecule has 0 aliphatic rings. The van der Waals surface area contributed by atoms with E-state index in [1.54, 1.807) is 13.8 Å². The number of hydrogen-bond donors (Lipinski definition) is 2. The van der Waals surface area contributed by atoms with Crippen molar-refractivity contribution in [2.24, 2.45) is 5.92 Å². The van der Waals surface area contributed by atoms with Gasteiger partial charge in [0, 0.05) is 7.11 Å². The summed E-state index contributed by atoms with van der Waals surface area (Å²) in [5.74, 6) is -0.141. The Kier molecular flexibility index (Phi) is 7.07. The van der Waals surface area contributed by atoms with Crippen LogP contribution in [0.3, 0.4) is 0 Å². The van der Waals surface area contributed by atoms with Gasteiger partial charge in [0.1, 0.15) is 0 Å². The van der Waals surface area contributed by atoms with Crippen molar-refractivity contribution in [3.63, 3.8) is 0 Å². The highest BCUT2D eigenvalue weighted by Gasteiger charge is 2.05. The highest BCUT2D eigenvalue weighted by atomic mass is 32.2. The highest BCUT2D eigenvalue weighted by Crippen LogP contribution is 1.95. The summed E-state index contributed by atoms with van der Waals surface area (Å²) >= 11 is 0. The summed E-state index contributed by atoms with van der Waals surface area (Å²) < 4.78 is 28.2. The molecule has 0 bridgehead atoms. The van der Waals surface area contributed by atoms with Gasteiger partial charge in [-0.15, -0.1) is 0 Å². The van der Waals surface area contributed by atoms with Crippen LogP contribution in [0.15, 0.2) is 0 Å². The number of aliphatic hydroxyl groups excluding tert-OH is 1. The molecule has 10 heavy (non-hydrogen) atoms. The first-order valence-electron chi connectivity index (χ1n) is 2.81. The fraction of sp³-hybridized carbons (Fsp3) is 1.00. The molecule has 64 valence electrons. The number of aliphatic hydroxyl groups is 1. The molecule has 0 radical (unpaired) electrons. The van der Waals surface area contributed by atoms with Crippen LogP contribution in [-0.4, -0.2) is 30.9 Å². The largest absolute Gasteiger partial charge is 0.400 e. The third-order valence-corrected chi connectivity index (χ3v) is 1.63. The van der Waals surface area contributed by atoms with E-state index in [0.717, 1.165) is 7.11 Å². The molecular weight excluding hydrogens is 156 g/mol. The summed E-state index contributed by atoms with van der Waals surface area (Å²) in [5, 5.41) is 7.00. The van der Waals surface area contributed by atoms with Crippen molar-refractivity contribution < 1.29 is 18.1 Å². The van der Waals surface area contributed by atoms with Crippen LogP contribution < -0.4 is 0 Å². The van der Waals surface area contributed by atoms with E-state index >= 15 is 0 Å². The first-order chi connectivity index (χ1) is 4.42. The predicted octanol–water partition coefficient (Wildman–Crippen LogP) is 0.139. The average Bonchev–Trinajstić information content (AvgIpc) is 1.64. The highest BCUT2D eigenvalue weighted by molar-refractivity contribution is 7.85. The van der Waals surface area contributed by atoms with Crippen LogP contribution in [0.25, 0.3) is 0 Å². The summed E-state index contributed by atoms with van der Waals surface area (Å²) in [4.78, 5) is 0. The summed E-state index contributed by atoms with van der Waals surface area (Å²) in [6, 6.07) is 0. The van der Waals surface area contributed by atoms with E-state index in [4.69, 9.17) is 9.66 Å². The normalized spacial score (nSPS) is 10.6. The topological polar surface area (TPSA) is 74.6 Å².